The van der Waals surface area contributed by atoms with Crippen molar-refractivity contribution in [3.63, 3.8) is 0 Å². The Morgan fingerprint density at radius 3 is 2.08 bits per heavy atom. The van der Waals surface area contributed by atoms with Crippen molar-refractivity contribution in [2.45, 2.75) is 53.0 Å². The van der Waals surface area contributed by atoms with Gasteiger partial charge in [-0.25, -0.2) is 0 Å². The summed E-state index contributed by atoms with van der Waals surface area (Å²) in [6, 6.07) is 0.905. The largest absolute Gasteiger partial charge is 3.00 e. The van der Waals surface area contributed by atoms with E-state index < -0.39 is 8.80 Å². The quantitative estimate of drug-likeness (QED) is 0.303. The Labute approximate surface area is 166 Å². The first-order chi connectivity index (χ1) is 10.7. The molecule has 138 valence electrons. The minimum atomic E-state index is -2.46. The van der Waals surface area contributed by atoms with Crippen LogP contribution in [0.5, 0.6) is 0 Å². The van der Waals surface area contributed by atoms with Gasteiger partial charge in [0.1, 0.15) is 13.1 Å². The summed E-state index contributed by atoms with van der Waals surface area (Å²) >= 11 is 0. The fourth-order valence-corrected chi connectivity index (χ4v) is 5.40. The molecule has 0 aromatic rings. The van der Waals surface area contributed by atoms with Gasteiger partial charge in [-0.3, -0.25) is 9.48 Å². The summed E-state index contributed by atoms with van der Waals surface area (Å²) in [5, 5.41) is 0. The van der Waals surface area contributed by atoms with Crippen molar-refractivity contribution < 1.29 is 30.3 Å². The maximum atomic E-state index is 5.90. The molecule has 1 aliphatic rings. The van der Waals surface area contributed by atoms with Crippen LogP contribution in [0.25, 0.3) is 0 Å². The van der Waals surface area contributed by atoms with Crippen LogP contribution in [0.4, 0.5) is 0 Å². The van der Waals surface area contributed by atoms with E-state index in [-0.39, 0.29) is 29.8 Å². The Kier molecular flexibility index (Phi) is 17.3. The van der Waals surface area contributed by atoms with E-state index in [1.54, 1.807) is 0 Å². The Balaban J connectivity index is 0. The summed E-state index contributed by atoms with van der Waals surface area (Å²) in [5.41, 5.74) is 0. The summed E-state index contributed by atoms with van der Waals surface area (Å²) in [7, 11) is -2.46. The van der Waals surface area contributed by atoms with Crippen LogP contribution in [0.2, 0.25) is 6.04 Å². The van der Waals surface area contributed by atoms with Crippen LogP contribution in [0, 0.1) is 0 Å². The number of hydrogen-bond acceptors (Lipinski definition) is 4. The molecule has 0 spiro atoms. The average molecular weight is 394 g/mol. The van der Waals surface area contributed by atoms with Gasteiger partial charge in [0.05, 0.1) is 13.1 Å². The second kappa shape index (κ2) is 15.6. The van der Waals surface area contributed by atoms with Gasteiger partial charge < -0.3 is 25.7 Å². The van der Waals surface area contributed by atoms with Crippen LogP contribution in [-0.2, 0) is 13.3 Å². The molecule has 0 radical (unpaired) electrons. The first-order valence-corrected chi connectivity index (χ1v) is 10.9. The molecule has 0 aromatic carbocycles. The molecule has 0 N–H and O–H groups in total. The number of nitrogens with zero attached hydrogens (tertiary/aromatic N) is 2. The molecule has 1 aliphatic heterocycles. The zero-order valence-corrected chi connectivity index (χ0v) is 18.8. The molecule has 0 saturated heterocycles. The maximum absolute atomic E-state index is 5.90. The maximum Gasteiger partial charge on any atom is 3.00 e. The SMILES string of the molecule is CCCCN1C=[N+](CCC[Si](OCC)(OCC)OCC)CC1.[Al+3].[Cl-]. The third-order valence-corrected chi connectivity index (χ3v) is 6.97. The van der Waals surface area contributed by atoms with Crippen LogP contribution < -0.4 is 12.4 Å². The number of halogens is 1. The summed E-state index contributed by atoms with van der Waals surface area (Å²) in [6.07, 6.45) is 5.89. The predicted octanol–water partition coefficient (Wildman–Crippen LogP) is -0.795. The first-order valence-electron chi connectivity index (χ1n) is 8.94. The summed E-state index contributed by atoms with van der Waals surface area (Å²) in [6.45, 7) is 14.8. The second-order valence-electron chi connectivity index (χ2n) is 5.63. The third kappa shape index (κ3) is 9.76. The van der Waals surface area contributed by atoms with Gasteiger partial charge >= 0.3 is 26.2 Å². The molecule has 24 heavy (non-hydrogen) atoms. The van der Waals surface area contributed by atoms with Gasteiger partial charge in [-0.15, -0.1) is 0 Å². The van der Waals surface area contributed by atoms with Crippen molar-refractivity contribution >= 4 is 32.5 Å². The van der Waals surface area contributed by atoms with Gasteiger partial charge in [-0.2, -0.15) is 0 Å². The van der Waals surface area contributed by atoms with Crippen molar-refractivity contribution in [3.05, 3.63) is 0 Å². The summed E-state index contributed by atoms with van der Waals surface area (Å²) < 4.78 is 20.1. The van der Waals surface area contributed by atoms with Crippen molar-refractivity contribution in [2.24, 2.45) is 0 Å². The van der Waals surface area contributed by atoms with Crippen LogP contribution in [-0.4, -0.2) is 88.0 Å². The van der Waals surface area contributed by atoms with Crippen molar-refractivity contribution in [3.8, 4) is 0 Å². The molecule has 0 fully saturated rings. The molecule has 0 saturated carbocycles. The first kappa shape index (κ1) is 26.6. The number of unbranched alkanes of at least 4 members (excludes halogenated alkanes) is 1. The average Bonchev–Trinajstić information content (AvgIpc) is 2.94. The number of rotatable bonds is 13. The molecule has 0 atom stereocenters. The van der Waals surface area contributed by atoms with Gasteiger partial charge in [0.25, 0.3) is 0 Å². The van der Waals surface area contributed by atoms with E-state index in [1.807, 2.05) is 20.8 Å². The third-order valence-electron chi connectivity index (χ3n) is 3.82. The molecule has 0 amide bonds. The smallest absolute Gasteiger partial charge is 1.00 e. The van der Waals surface area contributed by atoms with E-state index in [9.17, 15) is 0 Å². The Morgan fingerprint density at radius 2 is 1.58 bits per heavy atom. The molecule has 0 aromatic heterocycles. The number of hydrogen-bond donors (Lipinski definition) is 0. The van der Waals surface area contributed by atoms with Crippen molar-refractivity contribution in [1.29, 1.82) is 0 Å². The Morgan fingerprint density at radius 1 is 1.00 bits per heavy atom. The van der Waals surface area contributed by atoms with Crippen LogP contribution >= 0.6 is 0 Å². The van der Waals surface area contributed by atoms with Gasteiger partial charge in [0.2, 0.25) is 6.34 Å². The van der Waals surface area contributed by atoms with Crippen molar-refractivity contribution in [1.82, 2.24) is 4.90 Å². The van der Waals surface area contributed by atoms with Crippen LogP contribution in [0.3, 0.4) is 0 Å². The molecule has 0 unspecified atom stereocenters. The zero-order valence-electron chi connectivity index (χ0n) is 15.9. The summed E-state index contributed by atoms with van der Waals surface area (Å²) in [5.74, 6) is 0. The molecule has 0 bridgehead atoms. The standard InChI is InChI=1S/C16H35N2O3Si.Al.ClH/c1-5-9-11-17-13-14-18(16-17)12-10-15-22(19-6-2,20-7-3)21-8-4;;/h16H,5-15H2,1-4H3;;1H/q+1;+3;/p-1. The van der Waals surface area contributed by atoms with E-state index in [4.69, 9.17) is 13.3 Å². The van der Waals surface area contributed by atoms with E-state index >= 15 is 0 Å². The Bertz CT molecular complexity index is 321. The minimum Gasteiger partial charge on any atom is -1.00 e. The van der Waals surface area contributed by atoms with Gasteiger partial charge in [0.15, 0.2) is 0 Å². The van der Waals surface area contributed by atoms with Crippen LogP contribution in [0.15, 0.2) is 0 Å². The summed E-state index contributed by atoms with van der Waals surface area (Å²) in [4.78, 5) is 2.43. The van der Waals surface area contributed by atoms with E-state index in [2.05, 4.69) is 22.7 Å². The fourth-order valence-electron chi connectivity index (χ4n) is 2.80. The molecular formula is C16H35AlClN2O3Si+3. The monoisotopic (exact) mass is 393 g/mol. The van der Waals surface area contributed by atoms with Crippen molar-refractivity contribution in [2.75, 3.05) is 46.0 Å². The predicted molar refractivity (Wildman–Crippen MR) is 98.3 cm³/mol. The fraction of sp³-hybridized carbons (Fsp3) is 0.938. The second-order valence-corrected chi connectivity index (χ2v) is 8.36. The molecular weight excluding hydrogens is 359 g/mol. The van der Waals surface area contributed by atoms with Gasteiger partial charge in [0, 0.05) is 25.9 Å². The minimum absolute atomic E-state index is 0. The van der Waals surface area contributed by atoms with Gasteiger partial charge in [-0.1, -0.05) is 13.3 Å². The van der Waals surface area contributed by atoms with E-state index in [1.165, 1.54) is 19.4 Å². The van der Waals surface area contributed by atoms with E-state index in [0.29, 0.717) is 19.8 Å². The van der Waals surface area contributed by atoms with Crippen LogP contribution in [0.1, 0.15) is 47.0 Å². The molecule has 0 aliphatic carbocycles. The molecule has 8 heteroatoms. The van der Waals surface area contributed by atoms with Gasteiger partial charge in [-0.05, 0) is 33.6 Å². The molecule has 5 nitrogen and oxygen atoms in total. The van der Waals surface area contributed by atoms with E-state index in [0.717, 1.165) is 32.1 Å². The molecule has 1 rings (SSSR count). The molecule has 1 heterocycles. The topological polar surface area (TPSA) is 33.9 Å². The zero-order chi connectivity index (χ0) is 16.3. The normalized spacial score (nSPS) is 14.2. The Hall–Kier alpha value is 0.389.